The average Bonchev–Trinajstić information content (AvgIpc) is 2.35. The highest BCUT2D eigenvalue weighted by Crippen LogP contribution is 2.32. The van der Waals surface area contributed by atoms with Crippen molar-refractivity contribution in [3.05, 3.63) is 36.2 Å². The predicted octanol–water partition coefficient (Wildman–Crippen LogP) is 1.09. The lowest BCUT2D eigenvalue weighted by Crippen LogP contribution is -2.55. The highest BCUT2D eigenvalue weighted by molar-refractivity contribution is 5.93. The highest BCUT2D eigenvalue weighted by Gasteiger charge is 2.35. The molecule has 17 heavy (non-hydrogen) atoms. The Hall–Kier alpha value is -1.68. The second-order valence-electron chi connectivity index (χ2n) is 4.52. The van der Waals surface area contributed by atoms with Gasteiger partial charge in [0.25, 0.3) is 0 Å². The Morgan fingerprint density at radius 2 is 2.12 bits per heavy atom. The number of carbonyl (C=O) groups is 1. The molecule has 0 aromatic carbocycles. The van der Waals surface area contributed by atoms with Gasteiger partial charge >= 0.3 is 0 Å². The van der Waals surface area contributed by atoms with Crippen molar-refractivity contribution in [2.75, 3.05) is 0 Å². The Bertz CT molecular complexity index is 455. The summed E-state index contributed by atoms with van der Waals surface area (Å²) in [5.41, 5.74) is 7.54. The van der Waals surface area contributed by atoms with Crippen molar-refractivity contribution in [3.63, 3.8) is 0 Å². The lowest BCUT2D eigenvalue weighted by atomic mass is 9.81. The molecular formula is C13H17N3O. The van der Waals surface area contributed by atoms with E-state index in [1.54, 1.807) is 12.4 Å². The fourth-order valence-corrected chi connectivity index (χ4v) is 2.09. The summed E-state index contributed by atoms with van der Waals surface area (Å²) in [6, 6.07) is 3.30. The van der Waals surface area contributed by atoms with Gasteiger partial charge in [0.2, 0.25) is 5.91 Å². The molecule has 0 saturated carbocycles. The Kier molecular flexibility index (Phi) is 2.98. The van der Waals surface area contributed by atoms with E-state index < -0.39 is 6.04 Å². The third-order valence-corrected chi connectivity index (χ3v) is 3.34. The zero-order valence-electron chi connectivity index (χ0n) is 10.1. The van der Waals surface area contributed by atoms with Crippen LogP contribution in [0.15, 0.2) is 30.6 Å². The second kappa shape index (κ2) is 4.30. The lowest BCUT2D eigenvalue weighted by Gasteiger charge is -2.37. The molecular weight excluding hydrogens is 214 g/mol. The van der Waals surface area contributed by atoms with Gasteiger partial charge in [0.05, 0.1) is 5.54 Å². The lowest BCUT2D eigenvalue weighted by molar-refractivity contribution is -0.123. The van der Waals surface area contributed by atoms with Crippen molar-refractivity contribution in [2.24, 2.45) is 5.73 Å². The smallest absolute Gasteiger partial charge is 0.241 e. The van der Waals surface area contributed by atoms with Crippen LogP contribution >= 0.6 is 0 Å². The number of amides is 1. The van der Waals surface area contributed by atoms with Crippen molar-refractivity contribution in [2.45, 2.75) is 31.8 Å². The first-order valence-electron chi connectivity index (χ1n) is 5.77. The maximum absolute atomic E-state index is 11.7. The van der Waals surface area contributed by atoms with Crippen molar-refractivity contribution in [3.8, 4) is 0 Å². The minimum absolute atomic E-state index is 0.118. The minimum Gasteiger partial charge on any atom is -0.345 e. The standard InChI is InChI=1S/C13H17N3O/c1-3-13(2)10(8-11(14)12(17)16-13)9-4-6-15-7-5-9/h4-8,11H,3,14H2,1-2H3,(H,16,17). The Morgan fingerprint density at radius 1 is 1.47 bits per heavy atom. The van der Waals surface area contributed by atoms with Crippen molar-refractivity contribution < 1.29 is 4.79 Å². The van der Waals surface area contributed by atoms with Gasteiger partial charge in [-0.15, -0.1) is 0 Å². The summed E-state index contributed by atoms with van der Waals surface area (Å²) in [5.74, 6) is -0.118. The van der Waals surface area contributed by atoms with E-state index in [0.29, 0.717) is 0 Å². The maximum Gasteiger partial charge on any atom is 0.241 e. The largest absolute Gasteiger partial charge is 0.345 e. The van der Waals surface area contributed by atoms with Gasteiger partial charge in [-0.2, -0.15) is 0 Å². The van der Waals surface area contributed by atoms with Crippen LogP contribution in [0.2, 0.25) is 0 Å². The molecule has 0 saturated heterocycles. The molecule has 1 aromatic rings. The summed E-state index contributed by atoms with van der Waals surface area (Å²) in [6.07, 6.45) is 6.15. The van der Waals surface area contributed by atoms with Gasteiger partial charge in [-0.25, -0.2) is 0 Å². The van der Waals surface area contributed by atoms with Crippen LogP contribution in [-0.4, -0.2) is 22.5 Å². The average molecular weight is 231 g/mol. The number of rotatable bonds is 2. The molecule has 2 rings (SSSR count). The first kappa shape index (κ1) is 11.8. The molecule has 2 heterocycles. The van der Waals surface area contributed by atoms with Gasteiger partial charge in [0.1, 0.15) is 6.04 Å². The van der Waals surface area contributed by atoms with E-state index in [4.69, 9.17) is 5.73 Å². The van der Waals surface area contributed by atoms with E-state index in [1.807, 2.05) is 32.1 Å². The van der Waals surface area contributed by atoms with Crippen LogP contribution in [0, 0.1) is 0 Å². The molecule has 2 unspecified atom stereocenters. The van der Waals surface area contributed by atoms with Crippen LogP contribution in [0.5, 0.6) is 0 Å². The molecule has 0 radical (unpaired) electrons. The highest BCUT2D eigenvalue weighted by atomic mass is 16.2. The van der Waals surface area contributed by atoms with Crippen LogP contribution in [0.4, 0.5) is 0 Å². The number of aromatic nitrogens is 1. The zero-order chi connectivity index (χ0) is 12.5. The van der Waals surface area contributed by atoms with Crippen LogP contribution in [0.3, 0.4) is 0 Å². The van der Waals surface area contributed by atoms with Crippen LogP contribution in [0.1, 0.15) is 25.8 Å². The van der Waals surface area contributed by atoms with E-state index in [-0.39, 0.29) is 11.4 Å². The zero-order valence-corrected chi connectivity index (χ0v) is 10.1. The van der Waals surface area contributed by atoms with Crippen LogP contribution in [0.25, 0.3) is 5.57 Å². The number of nitrogens with one attached hydrogen (secondary N) is 1. The number of hydrogen-bond acceptors (Lipinski definition) is 3. The molecule has 2 atom stereocenters. The molecule has 0 bridgehead atoms. The van der Waals surface area contributed by atoms with E-state index >= 15 is 0 Å². The molecule has 1 aromatic heterocycles. The summed E-state index contributed by atoms with van der Waals surface area (Å²) in [4.78, 5) is 15.7. The Morgan fingerprint density at radius 3 is 2.71 bits per heavy atom. The van der Waals surface area contributed by atoms with Gasteiger partial charge in [-0.1, -0.05) is 13.0 Å². The molecule has 0 spiro atoms. The first-order valence-corrected chi connectivity index (χ1v) is 5.77. The molecule has 1 amide bonds. The summed E-state index contributed by atoms with van der Waals surface area (Å²) < 4.78 is 0. The number of pyridine rings is 1. The molecule has 0 aliphatic carbocycles. The maximum atomic E-state index is 11.7. The van der Waals surface area contributed by atoms with E-state index in [2.05, 4.69) is 10.3 Å². The molecule has 3 N–H and O–H groups in total. The van der Waals surface area contributed by atoms with Gasteiger partial charge in [0.15, 0.2) is 0 Å². The summed E-state index contributed by atoms with van der Waals surface area (Å²) >= 11 is 0. The summed E-state index contributed by atoms with van der Waals surface area (Å²) in [5, 5.41) is 2.99. The van der Waals surface area contributed by atoms with Crippen LogP contribution < -0.4 is 11.1 Å². The normalized spacial score (nSPS) is 28.5. The van der Waals surface area contributed by atoms with Crippen LogP contribution in [-0.2, 0) is 4.79 Å². The van der Waals surface area contributed by atoms with Gasteiger partial charge in [-0.05, 0) is 36.6 Å². The van der Waals surface area contributed by atoms with E-state index in [0.717, 1.165) is 17.6 Å². The molecule has 90 valence electrons. The Balaban J connectivity index is 2.49. The van der Waals surface area contributed by atoms with Gasteiger partial charge in [0, 0.05) is 12.4 Å². The number of hydrogen-bond donors (Lipinski definition) is 2. The third kappa shape index (κ3) is 2.08. The quantitative estimate of drug-likeness (QED) is 0.800. The monoisotopic (exact) mass is 231 g/mol. The third-order valence-electron chi connectivity index (χ3n) is 3.34. The summed E-state index contributed by atoms with van der Waals surface area (Å²) in [6.45, 7) is 4.06. The molecule has 0 fully saturated rings. The molecule has 4 nitrogen and oxygen atoms in total. The van der Waals surface area contributed by atoms with Crippen molar-refractivity contribution in [1.29, 1.82) is 0 Å². The molecule has 1 aliphatic heterocycles. The first-order chi connectivity index (χ1) is 8.07. The molecule has 4 heteroatoms. The van der Waals surface area contributed by atoms with Crippen molar-refractivity contribution >= 4 is 11.5 Å². The SMILES string of the molecule is CCC1(C)NC(=O)C(N)C=C1c1ccncc1. The summed E-state index contributed by atoms with van der Waals surface area (Å²) in [7, 11) is 0. The topological polar surface area (TPSA) is 68.0 Å². The molecule has 1 aliphatic rings. The van der Waals surface area contributed by atoms with E-state index in [1.165, 1.54) is 0 Å². The second-order valence-corrected chi connectivity index (χ2v) is 4.52. The van der Waals surface area contributed by atoms with Gasteiger partial charge in [-0.3, -0.25) is 9.78 Å². The fourth-order valence-electron chi connectivity index (χ4n) is 2.09. The fraction of sp³-hybridized carbons (Fsp3) is 0.385. The number of nitrogens with two attached hydrogens (primary N) is 1. The van der Waals surface area contributed by atoms with Gasteiger partial charge < -0.3 is 11.1 Å². The minimum atomic E-state index is -0.571. The number of nitrogens with zero attached hydrogens (tertiary/aromatic N) is 1. The van der Waals surface area contributed by atoms with Crippen molar-refractivity contribution in [1.82, 2.24) is 10.3 Å². The predicted molar refractivity (Wildman–Crippen MR) is 67.0 cm³/mol. The number of carbonyl (C=O) groups excluding carboxylic acids is 1. The Labute approximate surface area is 101 Å². The van der Waals surface area contributed by atoms with E-state index in [9.17, 15) is 4.79 Å².